The van der Waals surface area contributed by atoms with Gasteiger partial charge < -0.3 is 25.6 Å². The van der Waals surface area contributed by atoms with Gasteiger partial charge in [0.2, 0.25) is 0 Å². The van der Waals surface area contributed by atoms with Gasteiger partial charge in [-0.2, -0.15) is 0 Å². The van der Waals surface area contributed by atoms with Crippen molar-refractivity contribution in [1.82, 2.24) is 4.73 Å². The summed E-state index contributed by atoms with van der Waals surface area (Å²) < 4.78 is 9.82. The van der Waals surface area contributed by atoms with E-state index in [1.54, 1.807) is 0 Å². The fourth-order valence-electron chi connectivity index (χ4n) is 0.832. The molecule has 12 heavy (non-hydrogen) atoms. The van der Waals surface area contributed by atoms with Crippen molar-refractivity contribution in [3.8, 4) is 11.9 Å². The molecule has 1 aromatic rings. The molecular weight excluding hydrogens is 166 g/mol. The quantitative estimate of drug-likeness (QED) is 0.340. The van der Waals surface area contributed by atoms with Crippen molar-refractivity contribution in [2.45, 2.75) is 0 Å². The minimum Gasteiger partial charge on any atom is -0.737 e. The highest BCUT2D eigenvalue weighted by Gasteiger charge is 2.25. The molecule has 0 atom stereocenters. The Kier molecular flexibility index (Phi) is 1.86. The van der Waals surface area contributed by atoms with Gasteiger partial charge in [-0.25, -0.2) is 4.73 Å². The van der Waals surface area contributed by atoms with Crippen LogP contribution in [0.5, 0.6) is 11.9 Å². The van der Waals surface area contributed by atoms with Crippen molar-refractivity contribution < 1.29 is 19.4 Å². The number of hydrogen-bond acceptors (Lipinski definition) is 5. The van der Waals surface area contributed by atoms with E-state index < -0.39 is 0 Å². The number of imidazole rings is 1. The number of nitrogen functional groups attached to an aromatic ring is 1. The number of anilines is 1. The zero-order valence-corrected chi connectivity index (χ0v) is 6.64. The van der Waals surface area contributed by atoms with Gasteiger partial charge in [-0.3, -0.25) is 0 Å². The molecule has 0 aliphatic rings. The number of nitrogens with two attached hydrogens (primary N) is 1. The van der Waals surface area contributed by atoms with Crippen molar-refractivity contribution in [2.24, 2.45) is 0 Å². The van der Waals surface area contributed by atoms with Crippen molar-refractivity contribution in [3.63, 3.8) is 0 Å². The molecule has 0 unspecified atom stereocenters. The van der Waals surface area contributed by atoms with Crippen LogP contribution in [-0.4, -0.2) is 24.2 Å². The fraction of sp³-hybridized carbons (Fsp3) is 0.400. The van der Waals surface area contributed by atoms with E-state index in [0.717, 1.165) is 0 Å². The smallest absolute Gasteiger partial charge is 0.440 e. The first kappa shape index (κ1) is 8.31. The second kappa shape index (κ2) is 2.68. The van der Waals surface area contributed by atoms with Crippen molar-refractivity contribution in [2.75, 3.05) is 20.0 Å². The maximum absolute atomic E-state index is 11.0. The average Bonchev–Trinajstić information content (AvgIpc) is 2.25. The van der Waals surface area contributed by atoms with Crippen molar-refractivity contribution >= 4 is 5.82 Å². The molecule has 0 radical (unpaired) electrons. The van der Waals surface area contributed by atoms with Crippen LogP contribution in [0, 0.1) is 5.21 Å². The third-order valence-electron chi connectivity index (χ3n) is 1.36. The van der Waals surface area contributed by atoms with Crippen LogP contribution >= 0.6 is 0 Å². The molecule has 1 rings (SSSR count). The van der Waals surface area contributed by atoms with E-state index in [1.807, 2.05) is 0 Å². The Hall–Kier alpha value is -1.79. The summed E-state index contributed by atoms with van der Waals surface area (Å²) in [6.07, 6.45) is 0. The second-order valence-corrected chi connectivity index (χ2v) is 1.99. The lowest BCUT2D eigenvalue weighted by Gasteiger charge is -2.01. The van der Waals surface area contributed by atoms with Crippen LogP contribution < -0.4 is 19.9 Å². The van der Waals surface area contributed by atoms with Gasteiger partial charge in [0.05, 0.1) is 14.2 Å². The first-order chi connectivity index (χ1) is 5.63. The summed E-state index contributed by atoms with van der Waals surface area (Å²) in [5.74, 6) is -0.404. The van der Waals surface area contributed by atoms with Crippen LogP contribution in [0.25, 0.3) is 0 Å². The molecule has 0 bridgehead atoms. The van der Waals surface area contributed by atoms with Gasteiger partial charge in [-0.1, -0.05) is 0 Å². The maximum Gasteiger partial charge on any atom is 0.440 e. The number of methoxy groups -OCH3 is 2. The SMILES string of the molecule is COc1c(N)[n+]([O-])c(OC)n1O. The third-order valence-corrected chi connectivity index (χ3v) is 1.36. The zero-order valence-electron chi connectivity index (χ0n) is 6.64. The summed E-state index contributed by atoms with van der Waals surface area (Å²) in [5.41, 5.74) is 5.25. The Morgan fingerprint density at radius 1 is 1.50 bits per heavy atom. The monoisotopic (exact) mass is 175 g/mol. The highest BCUT2D eigenvalue weighted by Crippen LogP contribution is 2.22. The molecule has 68 valence electrons. The van der Waals surface area contributed by atoms with E-state index in [9.17, 15) is 5.21 Å². The normalized spacial score (nSPS) is 9.83. The number of nitrogens with zero attached hydrogens (tertiary/aromatic N) is 2. The molecular formula is C5H9N3O4. The van der Waals surface area contributed by atoms with Crippen molar-refractivity contribution in [3.05, 3.63) is 5.21 Å². The summed E-state index contributed by atoms with van der Waals surface area (Å²) in [6.45, 7) is 0. The average molecular weight is 175 g/mol. The molecule has 7 nitrogen and oxygen atoms in total. The minimum atomic E-state index is -0.343. The Labute approximate surface area is 68.1 Å². The van der Waals surface area contributed by atoms with E-state index in [0.29, 0.717) is 4.73 Å². The Balaban J connectivity index is 3.32. The van der Waals surface area contributed by atoms with Gasteiger partial charge in [-0.05, 0) is 4.73 Å². The van der Waals surface area contributed by atoms with Gasteiger partial charge in [0, 0.05) is 0 Å². The van der Waals surface area contributed by atoms with Gasteiger partial charge >= 0.3 is 17.7 Å². The fourth-order valence-corrected chi connectivity index (χ4v) is 0.832. The molecule has 0 aliphatic heterocycles. The van der Waals surface area contributed by atoms with Crippen LogP contribution in [-0.2, 0) is 0 Å². The molecule has 0 aromatic carbocycles. The first-order valence-corrected chi connectivity index (χ1v) is 3.04. The van der Waals surface area contributed by atoms with Gasteiger partial charge in [0.15, 0.2) is 0 Å². The molecule has 0 saturated carbocycles. The van der Waals surface area contributed by atoms with E-state index >= 15 is 0 Å². The summed E-state index contributed by atoms with van der Waals surface area (Å²) >= 11 is 0. The second-order valence-electron chi connectivity index (χ2n) is 1.99. The van der Waals surface area contributed by atoms with Crippen LogP contribution in [0.3, 0.4) is 0 Å². The molecule has 1 aromatic heterocycles. The summed E-state index contributed by atoms with van der Waals surface area (Å²) in [4.78, 5) is 0. The highest BCUT2D eigenvalue weighted by molar-refractivity contribution is 5.37. The predicted molar refractivity (Wildman–Crippen MR) is 38.1 cm³/mol. The van der Waals surface area contributed by atoms with Crippen LogP contribution in [0.2, 0.25) is 0 Å². The molecule has 0 fully saturated rings. The molecule has 0 aliphatic carbocycles. The number of rotatable bonds is 2. The van der Waals surface area contributed by atoms with E-state index in [4.69, 9.17) is 10.9 Å². The largest absolute Gasteiger partial charge is 0.737 e. The lowest BCUT2D eigenvalue weighted by Crippen LogP contribution is -2.30. The topological polar surface area (TPSA) is 96.6 Å². The molecule has 0 spiro atoms. The number of hydrogen-bond donors (Lipinski definition) is 2. The lowest BCUT2D eigenvalue weighted by molar-refractivity contribution is -0.599. The van der Waals surface area contributed by atoms with E-state index in [2.05, 4.69) is 9.47 Å². The molecule has 3 N–H and O–H groups in total. The van der Waals surface area contributed by atoms with Gasteiger partial charge in [-0.15, -0.1) is 0 Å². The Bertz CT molecular complexity index is 268. The molecule has 1 heterocycles. The summed E-state index contributed by atoms with van der Waals surface area (Å²) in [7, 11) is 2.51. The van der Waals surface area contributed by atoms with Gasteiger partial charge in [0.1, 0.15) is 0 Å². The zero-order chi connectivity index (χ0) is 9.30. The number of aromatic nitrogens is 2. The molecule has 0 saturated heterocycles. The van der Waals surface area contributed by atoms with Crippen LogP contribution in [0.15, 0.2) is 0 Å². The van der Waals surface area contributed by atoms with Gasteiger partial charge in [0.25, 0.3) is 0 Å². The van der Waals surface area contributed by atoms with E-state index in [1.165, 1.54) is 14.2 Å². The summed E-state index contributed by atoms with van der Waals surface area (Å²) in [5, 5.41) is 20.2. The lowest BCUT2D eigenvalue weighted by atomic mass is 10.7. The third kappa shape index (κ3) is 0.865. The minimum absolute atomic E-state index is 0.151. The van der Waals surface area contributed by atoms with E-state index in [-0.39, 0.29) is 22.4 Å². The Morgan fingerprint density at radius 2 is 2.08 bits per heavy atom. The van der Waals surface area contributed by atoms with Crippen LogP contribution in [0.4, 0.5) is 5.82 Å². The highest BCUT2D eigenvalue weighted by atomic mass is 16.6. The first-order valence-electron chi connectivity index (χ1n) is 3.04. The maximum atomic E-state index is 11.0. The molecule has 0 amide bonds. The summed E-state index contributed by atoms with van der Waals surface area (Å²) in [6, 6.07) is -0.343. The van der Waals surface area contributed by atoms with Crippen LogP contribution in [0.1, 0.15) is 0 Å². The molecule has 7 heteroatoms. The number of ether oxygens (including phenoxy) is 2. The predicted octanol–water partition coefficient (Wildman–Crippen LogP) is -1.04. The van der Waals surface area contributed by atoms with Crippen molar-refractivity contribution in [1.29, 1.82) is 0 Å². The standard InChI is InChI=1S/C5H9N3O4/c1-11-4-3(6)7(9)5(12-2)8(4)10/h10H,6H2,1-2H3. The Morgan fingerprint density at radius 3 is 2.33 bits per heavy atom.